The van der Waals surface area contributed by atoms with Crippen molar-refractivity contribution < 1.29 is 14.6 Å². The summed E-state index contributed by atoms with van der Waals surface area (Å²) in [6.45, 7) is 0. The summed E-state index contributed by atoms with van der Waals surface area (Å²) < 4.78 is 7.85. The van der Waals surface area contributed by atoms with Gasteiger partial charge in [-0.2, -0.15) is 5.10 Å². The molecule has 6 nitrogen and oxygen atoms in total. The quantitative estimate of drug-likeness (QED) is 0.493. The smallest absolute Gasteiger partial charge is 0.336 e. The number of hydrogen-bond donors (Lipinski definition) is 1. The molecule has 2 aromatic heterocycles. The number of benzene rings is 2. The molecule has 0 atom stereocenters. The number of nitrogens with zero attached hydrogens (tertiary/aromatic N) is 3. The first-order valence-electron chi connectivity index (χ1n) is 9.32. The van der Waals surface area contributed by atoms with E-state index in [1.54, 1.807) is 28.9 Å². The number of ether oxygens (including phenoxy) is 1. The molecule has 0 saturated carbocycles. The van der Waals surface area contributed by atoms with Crippen LogP contribution in [0.15, 0.2) is 54.7 Å². The van der Waals surface area contributed by atoms with Crippen LogP contribution in [0.25, 0.3) is 22.6 Å². The zero-order chi connectivity index (χ0) is 20.8. The molecular weight excluding hydrogens is 402 g/mol. The Hall–Kier alpha value is -3.64. The van der Waals surface area contributed by atoms with Crippen molar-refractivity contribution in [2.75, 3.05) is 0 Å². The Balaban J connectivity index is 1.57. The van der Waals surface area contributed by atoms with Crippen molar-refractivity contribution in [3.8, 4) is 11.5 Å². The van der Waals surface area contributed by atoms with Gasteiger partial charge in [-0.15, -0.1) is 0 Å². The Morgan fingerprint density at radius 1 is 1.17 bits per heavy atom. The first kappa shape index (κ1) is 18.4. The molecule has 0 saturated heterocycles. The van der Waals surface area contributed by atoms with E-state index in [-0.39, 0.29) is 5.56 Å². The fourth-order valence-electron chi connectivity index (χ4n) is 3.86. The van der Waals surface area contributed by atoms with Gasteiger partial charge in [-0.1, -0.05) is 23.7 Å². The summed E-state index contributed by atoms with van der Waals surface area (Å²) in [5, 5.41) is 15.7. The number of carboxylic acid groups (broad SMARTS) is 1. The lowest BCUT2D eigenvalue weighted by Crippen LogP contribution is -2.04. The van der Waals surface area contributed by atoms with E-state index in [1.165, 1.54) is 12.3 Å². The number of halogens is 1. The van der Waals surface area contributed by atoms with Crippen molar-refractivity contribution >= 4 is 40.1 Å². The molecule has 0 fully saturated rings. The number of fused-ring (bicyclic) bond motifs is 2. The number of aromatic carboxylic acids is 1. The van der Waals surface area contributed by atoms with Crippen LogP contribution >= 0.6 is 11.6 Å². The summed E-state index contributed by atoms with van der Waals surface area (Å²) in [6, 6.07) is 14.5. The lowest BCUT2D eigenvalue weighted by Gasteiger charge is -2.07. The molecular formula is C23H16ClN3O3. The minimum Gasteiger partial charge on any atom is -0.478 e. The SMILES string of the molecule is Cn1nc2c(Oc3ccc(Cl)cc3)cccc2c1C1=Cc2nccc(C(=O)O)c2C1. The summed E-state index contributed by atoms with van der Waals surface area (Å²) in [5.74, 6) is 0.357. The standard InChI is InChI=1S/C23H16ClN3O3/c1-27-22(13-11-18-16(23(28)29)9-10-25-19(18)12-13)17-3-2-4-20(21(17)26-27)30-15-7-5-14(24)6-8-15/h2-10,12H,11H2,1H3,(H,28,29). The molecule has 0 amide bonds. The van der Waals surface area contributed by atoms with E-state index in [0.29, 0.717) is 28.6 Å². The third-order valence-electron chi connectivity index (χ3n) is 5.17. The van der Waals surface area contributed by atoms with Gasteiger partial charge in [-0.25, -0.2) is 4.79 Å². The minimum absolute atomic E-state index is 0.282. The second-order valence-corrected chi connectivity index (χ2v) is 7.49. The van der Waals surface area contributed by atoms with E-state index >= 15 is 0 Å². The highest BCUT2D eigenvalue weighted by Gasteiger charge is 2.25. The molecule has 1 N–H and O–H groups in total. The lowest BCUT2D eigenvalue weighted by molar-refractivity contribution is 0.0695. The maximum absolute atomic E-state index is 11.6. The molecule has 7 heteroatoms. The largest absolute Gasteiger partial charge is 0.478 e. The van der Waals surface area contributed by atoms with Crippen LogP contribution in [0.2, 0.25) is 5.02 Å². The van der Waals surface area contributed by atoms with E-state index < -0.39 is 5.97 Å². The summed E-state index contributed by atoms with van der Waals surface area (Å²) >= 11 is 5.96. The molecule has 0 spiro atoms. The van der Waals surface area contributed by atoms with E-state index in [2.05, 4.69) is 10.1 Å². The molecule has 1 aliphatic rings. The number of carbonyl (C=O) groups is 1. The third kappa shape index (κ3) is 3.02. The van der Waals surface area contributed by atoms with Crippen molar-refractivity contribution in [1.82, 2.24) is 14.8 Å². The Bertz CT molecular complexity index is 1340. The van der Waals surface area contributed by atoms with Crippen LogP contribution in [0.4, 0.5) is 0 Å². The van der Waals surface area contributed by atoms with Crippen molar-refractivity contribution in [3.05, 3.63) is 82.3 Å². The Morgan fingerprint density at radius 3 is 2.73 bits per heavy atom. The molecule has 0 unspecified atom stereocenters. The maximum atomic E-state index is 11.6. The van der Waals surface area contributed by atoms with Crippen LogP contribution in [0.1, 0.15) is 27.3 Å². The molecule has 5 rings (SSSR count). The van der Waals surface area contributed by atoms with E-state index in [4.69, 9.17) is 16.3 Å². The van der Waals surface area contributed by atoms with E-state index in [0.717, 1.165) is 27.7 Å². The fourth-order valence-corrected chi connectivity index (χ4v) is 3.99. The van der Waals surface area contributed by atoms with Gasteiger partial charge in [-0.3, -0.25) is 9.67 Å². The van der Waals surface area contributed by atoms with Crippen LogP contribution in [0, 0.1) is 0 Å². The normalized spacial score (nSPS) is 12.7. The number of pyridine rings is 1. The number of allylic oxidation sites excluding steroid dienone is 1. The maximum Gasteiger partial charge on any atom is 0.336 e. The second-order valence-electron chi connectivity index (χ2n) is 7.05. The third-order valence-corrected chi connectivity index (χ3v) is 5.42. The van der Waals surface area contributed by atoms with Gasteiger partial charge in [0.2, 0.25) is 0 Å². The van der Waals surface area contributed by atoms with Crippen LogP contribution in [-0.4, -0.2) is 25.8 Å². The Labute approximate surface area is 177 Å². The molecule has 0 radical (unpaired) electrons. The number of hydrogen-bond acceptors (Lipinski definition) is 4. The van der Waals surface area contributed by atoms with Gasteiger partial charge < -0.3 is 9.84 Å². The number of aromatic nitrogens is 3. The zero-order valence-electron chi connectivity index (χ0n) is 16.0. The first-order valence-corrected chi connectivity index (χ1v) is 9.70. The number of aryl methyl sites for hydroxylation is 1. The average Bonchev–Trinajstić information content (AvgIpc) is 3.29. The average molecular weight is 418 g/mol. The van der Waals surface area contributed by atoms with Gasteiger partial charge in [-0.05, 0) is 53.6 Å². The lowest BCUT2D eigenvalue weighted by atomic mass is 10.0. The highest BCUT2D eigenvalue weighted by atomic mass is 35.5. The molecule has 4 aromatic rings. The number of rotatable bonds is 4. The van der Waals surface area contributed by atoms with Gasteiger partial charge in [0.25, 0.3) is 0 Å². The van der Waals surface area contributed by atoms with E-state index in [1.807, 2.05) is 31.3 Å². The molecule has 0 aliphatic heterocycles. The second kappa shape index (κ2) is 7.00. The van der Waals surface area contributed by atoms with Gasteiger partial charge in [0.05, 0.1) is 17.0 Å². The predicted molar refractivity (Wildman–Crippen MR) is 115 cm³/mol. The van der Waals surface area contributed by atoms with E-state index in [9.17, 15) is 9.90 Å². The fraction of sp³-hybridized carbons (Fsp3) is 0.0870. The minimum atomic E-state index is -0.947. The predicted octanol–water partition coefficient (Wildman–Crippen LogP) is 5.21. The summed E-state index contributed by atoms with van der Waals surface area (Å²) in [5.41, 5.74) is 4.31. The monoisotopic (exact) mass is 417 g/mol. The zero-order valence-corrected chi connectivity index (χ0v) is 16.7. The summed E-state index contributed by atoms with van der Waals surface area (Å²) in [7, 11) is 1.87. The van der Waals surface area contributed by atoms with Crippen LogP contribution in [-0.2, 0) is 13.5 Å². The molecule has 0 bridgehead atoms. The van der Waals surface area contributed by atoms with Crippen molar-refractivity contribution in [1.29, 1.82) is 0 Å². The van der Waals surface area contributed by atoms with Crippen LogP contribution in [0.3, 0.4) is 0 Å². The highest BCUT2D eigenvalue weighted by Crippen LogP contribution is 2.38. The molecule has 2 heterocycles. The van der Waals surface area contributed by atoms with Crippen LogP contribution < -0.4 is 4.74 Å². The van der Waals surface area contributed by atoms with Crippen molar-refractivity contribution in [2.24, 2.45) is 7.05 Å². The number of carboxylic acids is 1. The first-order chi connectivity index (χ1) is 14.5. The topological polar surface area (TPSA) is 77.2 Å². The Kier molecular flexibility index (Phi) is 4.29. The summed E-state index contributed by atoms with van der Waals surface area (Å²) in [6.07, 6.45) is 3.95. The molecule has 148 valence electrons. The van der Waals surface area contributed by atoms with Gasteiger partial charge in [0, 0.05) is 30.1 Å². The van der Waals surface area contributed by atoms with Gasteiger partial charge in [0.1, 0.15) is 11.3 Å². The molecule has 2 aromatic carbocycles. The van der Waals surface area contributed by atoms with Crippen molar-refractivity contribution in [3.63, 3.8) is 0 Å². The highest BCUT2D eigenvalue weighted by molar-refractivity contribution is 6.30. The van der Waals surface area contributed by atoms with Crippen molar-refractivity contribution in [2.45, 2.75) is 6.42 Å². The van der Waals surface area contributed by atoms with Gasteiger partial charge in [0.15, 0.2) is 5.75 Å². The molecule has 1 aliphatic carbocycles. The molecule has 30 heavy (non-hydrogen) atoms. The van der Waals surface area contributed by atoms with Gasteiger partial charge >= 0.3 is 5.97 Å². The summed E-state index contributed by atoms with van der Waals surface area (Å²) in [4.78, 5) is 15.9. The van der Waals surface area contributed by atoms with Crippen LogP contribution in [0.5, 0.6) is 11.5 Å². The Morgan fingerprint density at radius 2 is 1.97 bits per heavy atom.